The van der Waals surface area contributed by atoms with Gasteiger partial charge in [0, 0.05) is 17.3 Å². The molecular weight excluding hydrogens is 410 g/mol. The van der Waals surface area contributed by atoms with Gasteiger partial charge in [0.2, 0.25) is 0 Å². The summed E-state index contributed by atoms with van der Waals surface area (Å²) in [6, 6.07) is 0. The van der Waals surface area contributed by atoms with Crippen LogP contribution in [0.1, 0.15) is 27.7 Å². The molecule has 10 radical (unpaired) electrons. The Balaban J connectivity index is 0.000000610. The summed E-state index contributed by atoms with van der Waals surface area (Å²) in [7, 11) is 0. The van der Waals surface area contributed by atoms with E-state index in [0.717, 1.165) is 5.92 Å². The molecular formula is C23H27FeNO4+2. The van der Waals surface area contributed by atoms with Crippen LogP contribution in [0, 0.1) is 69.6 Å². The largest absolute Gasteiger partial charge is 2.00 e. The fraction of sp³-hybridized carbons (Fsp3) is 0.304. The quantitative estimate of drug-likeness (QED) is 0.528. The minimum Gasteiger partial charge on any atom is -0.463 e. The molecule has 0 spiro atoms. The van der Waals surface area contributed by atoms with Gasteiger partial charge in [0.1, 0.15) is 0 Å². The Hall–Kier alpha value is -1.26. The summed E-state index contributed by atoms with van der Waals surface area (Å²) in [5, 5.41) is 3.11. The monoisotopic (exact) mass is 437 g/mol. The summed E-state index contributed by atoms with van der Waals surface area (Å²) in [6.07, 6.45) is 17.6. The third-order valence-corrected chi connectivity index (χ3v) is 4.33. The summed E-state index contributed by atoms with van der Waals surface area (Å²) in [5.41, 5.74) is 2.29. The van der Waals surface area contributed by atoms with Crippen molar-refractivity contribution in [2.75, 3.05) is 13.2 Å². The summed E-state index contributed by atoms with van der Waals surface area (Å²) >= 11 is 0. The van der Waals surface area contributed by atoms with Gasteiger partial charge >= 0.3 is 29.0 Å². The minimum absolute atomic E-state index is 0. The maximum Gasteiger partial charge on any atom is 2.00 e. The van der Waals surface area contributed by atoms with E-state index >= 15 is 0 Å². The molecule has 1 heterocycles. The first-order valence-electron chi connectivity index (χ1n) is 9.42. The number of hydrogen-bond acceptors (Lipinski definition) is 5. The number of ether oxygens (including phenoxy) is 2. The first-order chi connectivity index (χ1) is 13.5. The number of dihydropyridines is 1. The van der Waals surface area contributed by atoms with E-state index in [1.54, 1.807) is 13.8 Å². The van der Waals surface area contributed by atoms with E-state index in [2.05, 4.69) is 5.32 Å². The van der Waals surface area contributed by atoms with Gasteiger partial charge in [-0.2, -0.15) is 0 Å². The predicted molar refractivity (Wildman–Crippen MR) is 107 cm³/mol. The summed E-state index contributed by atoms with van der Waals surface area (Å²) in [5.74, 6) is -0.448. The third kappa shape index (κ3) is 6.89. The van der Waals surface area contributed by atoms with Gasteiger partial charge in [0.25, 0.3) is 0 Å². The molecule has 2 aliphatic carbocycles. The Bertz CT molecular complexity index is 569. The van der Waals surface area contributed by atoms with E-state index < -0.39 is 17.9 Å². The van der Waals surface area contributed by atoms with Crippen LogP contribution in [0.25, 0.3) is 0 Å². The summed E-state index contributed by atoms with van der Waals surface area (Å²) in [6.45, 7) is 7.70. The molecule has 0 aromatic carbocycles. The second-order valence-corrected chi connectivity index (χ2v) is 6.26. The van der Waals surface area contributed by atoms with Crippen molar-refractivity contribution >= 4 is 11.9 Å². The van der Waals surface area contributed by atoms with Crippen LogP contribution < -0.4 is 5.32 Å². The number of allylic oxidation sites excluding steroid dienone is 2. The average Bonchev–Trinajstić information content (AvgIpc) is 3.37. The van der Waals surface area contributed by atoms with E-state index in [0.29, 0.717) is 22.5 Å². The number of carbonyl (C=O) groups is 2. The normalized spacial score (nSPS) is 19.9. The smallest absolute Gasteiger partial charge is 0.463 e. The van der Waals surface area contributed by atoms with Gasteiger partial charge in [0.05, 0.1) is 24.4 Å². The first kappa shape index (κ1) is 25.8. The molecule has 2 saturated carbocycles. The molecule has 0 unspecified atom stereocenters. The molecule has 2 fully saturated rings. The van der Waals surface area contributed by atoms with Crippen LogP contribution in [0.2, 0.25) is 0 Å². The SMILES string of the molecule is CCOC(=O)C1=C(C)NC(C)=C(C(=O)OCC)C1[C]1[CH][CH][CH][CH]1.[CH]1[CH][CH][CH][CH]1.[Fe+2]. The predicted octanol–water partition coefficient (Wildman–Crippen LogP) is 3.30. The van der Waals surface area contributed by atoms with Crippen molar-refractivity contribution in [3.05, 3.63) is 86.2 Å². The fourth-order valence-electron chi connectivity index (χ4n) is 3.19. The topological polar surface area (TPSA) is 64.6 Å². The van der Waals surface area contributed by atoms with Gasteiger partial charge in [-0.3, -0.25) is 0 Å². The Morgan fingerprint density at radius 3 is 1.52 bits per heavy atom. The molecule has 29 heavy (non-hydrogen) atoms. The van der Waals surface area contributed by atoms with E-state index in [9.17, 15) is 9.59 Å². The third-order valence-electron chi connectivity index (χ3n) is 4.33. The van der Waals surface area contributed by atoms with Crippen molar-refractivity contribution < 1.29 is 36.1 Å². The van der Waals surface area contributed by atoms with Crippen molar-refractivity contribution in [2.24, 2.45) is 5.92 Å². The second kappa shape index (κ2) is 13.1. The van der Waals surface area contributed by atoms with Crippen LogP contribution >= 0.6 is 0 Å². The summed E-state index contributed by atoms with van der Waals surface area (Å²) in [4.78, 5) is 24.9. The van der Waals surface area contributed by atoms with Gasteiger partial charge < -0.3 is 14.8 Å². The Labute approximate surface area is 186 Å². The number of hydrogen-bond donors (Lipinski definition) is 1. The molecule has 0 saturated heterocycles. The zero-order valence-corrected chi connectivity index (χ0v) is 18.3. The summed E-state index contributed by atoms with van der Waals surface area (Å²) < 4.78 is 10.4. The minimum atomic E-state index is -0.482. The fourth-order valence-corrected chi connectivity index (χ4v) is 3.19. The van der Waals surface area contributed by atoms with Gasteiger partial charge in [-0.15, -0.1) is 0 Å². The zero-order chi connectivity index (χ0) is 20.5. The van der Waals surface area contributed by atoms with Gasteiger partial charge in [0.15, 0.2) is 0 Å². The van der Waals surface area contributed by atoms with Crippen molar-refractivity contribution in [3.63, 3.8) is 0 Å². The van der Waals surface area contributed by atoms with Crippen molar-refractivity contribution in [1.29, 1.82) is 0 Å². The molecule has 1 aliphatic heterocycles. The maximum absolute atomic E-state index is 12.5. The molecule has 0 atom stereocenters. The van der Waals surface area contributed by atoms with E-state index in [4.69, 9.17) is 9.47 Å². The van der Waals surface area contributed by atoms with Crippen molar-refractivity contribution in [2.45, 2.75) is 27.7 Å². The van der Waals surface area contributed by atoms with E-state index in [1.165, 1.54) is 0 Å². The number of rotatable bonds is 5. The van der Waals surface area contributed by atoms with E-state index in [1.807, 2.05) is 71.6 Å². The molecule has 0 bridgehead atoms. The van der Waals surface area contributed by atoms with Crippen LogP contribution in [-0.2, 0) is 36.1 Å². The van der Waals surface area contributed by atoms with Gasteiger partial charge in [-0.25, -0.2) is 9.59 Å². The van der Waals surface area contributed by atoms with Gasteiger partial charge in [-0.05, 0) is 91.4 Å². The molecule has 3 rings (SSSR count). The van der Waals surface area contributed by atoms with Crippen LogP contribution in [0.5, 0.6) is 0 Å². The Morgan fingerprint density at radius 1 is 0.793 bits per heavy atom. The average molecular weight is 437 g/mol. The second-order valence-electron chi connectivity index (χ2n) is 6.26. The van der Waals surface area contributed by atoms with Crippen LogP contribution in [0.15, 0.2) is 22.5 Å². The number of nitrogens with one attached hydrogen (secondary N) is 1. The van der Waals surface area contributed by atoms with Crippen molar-refractivity contribution in [1.82, 2.24) is 5.32 Å². The Morgan fingerprint density at radius 2 is 1.17 bits per heavy atom. The van der Waals surface area contributed by atoms with Crippen LogP contribution in [-0.4, -0.2) is 25.2 Å². The molecule has 154 valence electrons. The molecule has 3 aliphatic rings. The maximum atomic E-state index is 12.5. The molecule has 5 nitrogen and oxygen atoms in total. The molecule has 0 aromatic heterocycles. The van der Waals surface area contributed by atoms with E-state index in [-0.39, 0.29) is 30.3 Å². The molecule has 6 heteroatoms. The van der Waals surface area contributed by atoms with Crippen molar-refractivity contribution in [3.8, 4) is 0 Å². The van der Waals surface area contributed by atoms with Gasteiger partial charge in [-0.1, -0.05) is 0 Å². The molecule has 0 amide bonds. The van der Waals surface area contributed by atoms with Crippen LogP contribution in [0.3, 0.4) is 0 Å². The standard InChI is InChI=1S/C18H22NO4.C5H5.Fe/c1-5-22-17(20)14-11(3)19-12(4)15(18(21)23-6-2)16(14)13-9-7-8-10-13;1-2-4-5-3-1;/h7-10,16,19H,5-6H2,1-4H3;1-5H;/q;;+2. The number of esters is 2. The zero-order valence-electron chi connectivity index (χ0n) is 17.2. The molecule has 0 aromatic rings. The Kier molecular flexibility index (Phi) is 11.7. The van der Waals surface area contributed by atoms with Crippen LogP contribution in [0.4, 0.5) is 0 Å². The number of carbonyl (C=O) groups excluding carboxylic acids is 2. The molecule has 1 N–H and O–H groups in total. The first-order valence-corrected chi connectivity index (χ1v) is 9.42.